The smallest absolute Gasteiger partial charge is 0.225 e. The van der Waals surface area contributed by atoms with Crippen LogP contribution in [0.4, 0.5) is 5.69 Å². The summed E-state index contributed by atoms with van der Waals surface area (Å²) in [6, 6.07) is 21.9. The van der Waals surface area contributed by atoms with Crippen LogP contribution in [0.3, 0.4) is 0 Å². The zero-order valence-corrected chi connectivity index (χ0v) is 12.4. The molecule has 0 spiro atoms. The summed E-state index contributed by atoms with van der Waals surface area (Å²) in [5.41, 5.74) is 3.64. The maximum Gasteiger partial charge on any atom is 0.225 e. The molecule has 3 nitrogen and oxygen atoms in total. The van der Waals surface area contributed by atoms with Crippen LogP contribution < -0.4 is 5.32 Å². The topological polar surface area (TPSA) is 52.9 Å². The van der Waals surface area contributed by atoms with Crippen molar-refractivity contribution in [2.75, 3.05) is 5.32 Å². The van der Waals surface area contributed by atoms with Crippen molar-refractivity contribution in [3.63, 3.8) is 0 Å². The molecule has 110 valence electrons. The van der Waals surface area contributed by atoms with Crippen molar-refractivity contribution < 1.29 is 4.79 Å². The number of hydrogen-bond acceptors (Lipinski definition) is 2. The normalized spacial score (nSPS) is 16.5. The van der Waals surface area contributed by atoms with Gasteiger partial charge in [-0.05, 0) is 28.6 Å². The van der Waals surface area contributed by atoms with E-state index in [2.05, 4.69) is 23.5 Å². The minimum absolute atomic E-state index is 0.0150. The summed E-state index contributed by atoms with van der Waals surface area (Å²) in [6.07, 6.45) is 0.403. The van der Waals surface area contributed by atoms with Gasteiger partial charge >= 0.3 is 0 Å². The maximum atomic E-state index is 12.2. The molecule has 0 saturated carbocycles. The third-order valence-corrected chi connectivity index (χ3v) is 4.41. The van der Waals surface area contributed by atoms with E-state index in [1.807, 2.05) is 42.5 Å². The molecule has 1 unspecified atom stereocenters. The molecular formula is C20H14N2O. The van der Waals surface area contributed by atoms with E-state index < -0.39 is 0 Å². The van der Waals surface area contributed by atoms with Gasteiger partial charge in [0.15, 0.2) is 0 Å². The van der Waals surface area contributed by atoms with Crippen LogP contribution in [-0.2, 0) is 4.79 Å². The summed E-state index contributed by atoms with van der Waals surface area (Å²) < 4.78 is 0. The largest absolute Gasteiger partial charge is 0.325 e. The molecule has 0 aliphatic carbocycles. The highest BCUT2D eigenvalue weighted by atomic mass is 16.1. The number of rotatable bonds is 1. The van der Waals surface area contributed by atoms with Crippen molar-refractivity contribution in [3.05, 3.63) is 77.4 Å². The summed E-state index contributed by atoms with van der Waals surface area (Å²) in [6.45, 7) is 0. The first-order valence-corrected chi connectivity index (χ1v) is 7.58. The molecule has 3 aromatic rings. The van der Waals surface area contributed by atoms with Crippen molar-refractivity contribution >= 4 is 22.4 Å². The Balaban J connectivity index is 1.93. The van der Waals surface area contributed by atoms with Gasteiger partial charge in [-0.3, -0.25) is 4.79 Å². The minimum Gasteiger partial charge on any atom is -0.325 e. The number of amides is 1. The predicted molar refractivity (Wildman–Crippen MR) is 90.2 cm³/mol. The van der Waals surface area contributed by atoms with Gasteiger partial charge in [0.25, 0.3) is 0 Å². The van der Waals surface area contributed by atoms with Gasteiger partial charge in [-0.25, -0.2) is 0 Å². The molecule has 1 N–H and O–H groups in total. The van der Waals surface area contributed by atoms with Crippen LogP contribution in [-0.4, -0.2) is 5.91 Å². The molecule has 4 rings (SSSR count). The summed E-state index contributed by atoms with van der Waals surface area (Å²) in [4.78, 5) is 12.2. The second-order valence-corrected chi connectivity index (χ2v) is 5.79. The first-order chi connectivity index (χ1) is 11.3. The van der Waals surface area contributed by atoms with Crippen molar-refractivity contribution in [2.45, 2.75) is 12.3 Å². The number of anilines is 1. The average Bonchev–Trinajstić information content (AvgIpc) is 2.61. The van der Waals surface area contributed by atoms with E-state index in [1.165, 1.54) is 0 Å². The summed E-state index contributed by atoms with van der Waals surface area (Å²) in [5.74, 6) is -0.00197. The number of hydrogen-bond donors (Lipinski definition) is 1. The molecule has 1 heterocycles. The summed E-state index contributed by atoms with van der Waals surface area (Å²) in [5, 5.41) is 14.3. The molecule has 0 saturated heterocycles. The Morgan fingerprint density at radius 2 is 1.91 bits per heavy atom. The van der Waals surface area contributed by atoms with Gasteiger partial charge in [0.1, 0.15) is 0 Å². The van der Waals surface area contributed by atoms with Gasteiger partial charge in [0.2, 0.25) is 5.91 Å². The third kappa shape index (κ3) is 2.25. The molecule has 0 radical (unpaired) electrons. The molecule has 3 heteroatoms. The lowest BCUT2D eigenvalue weighted by molar-refractivity contribution is -0.116. The number of nitriles is 1. The van der Waals surface area contributed by atoms with E-state index in [1.54, 1.807) is 6.07 Å². The van der Waals surface area contributed by atoms with E-state index in [-0.39, 0.29) is 11.8 Å². The highest BCUT2D eigenvalue weighted by Crippen LogP contribution is 2.40. The predicted octanol–water partition coefficient (Wildman–Crippen LogP) is 4.19. The maximum absolute atomic E-state index is 12.2. The monoisotopic (exact) mass is 298 g/mol. The molecule has 3 aromatic carbocycles. The van der Waals surface area contributed by atoms with Gasteiger partial charge in [-0.1, -0.05) is 48.5 Å². The molecule has 1 aliphatic rings. The number of nitrogens with zero attached hydrogens (tertiary/aromatic N) is 1. The van der Waals surface area contributed by atoms with Crippen LogP contribution in [0.1, 0.15) is 29.0 Å². The first kappa shape index (κ1) is 13.5. The van der Waals surface area contributed by atoms with E-state index in [0.717, 1.165) is 27.6 Å². The molecule has 1 amide bonds. The highest BCUT2D eigenvalue weighted by Gasteiger charge is 2.27. The highest BCUT2D eigenvalue weighted by molar-refractivity contribution is 6.06. The second-order valence-electron chi connectivity index (χ2n) is 5.79. The lowest BCUT2D eigenvalue weighted by Crippen LogP contribution is -2.23. The van der Waals surface area contributed by atoms with Gasteiger partial charge in [0.05, 0.1) is 17.3 Å². The molecule has 0 fully saturated rings. The fourth-order valence-electron chi connectivity index (χ4n) is 3.33. The Morgan fingerprint density at radius 3 is 2.78 bits per heavy atom. The van der Waals surface area contributed by atoms with Crippen molar-refractivity contribution in [1.82, 2.24) is 0 Å². The van der Waals surface area contributed by atoms with Crippen molar-refractivity contribution in [1.29, 1.82) is 5.26 Å². The molecule has 0 aromatic heterocycles. The van der Waals surface area contributed by atoms with Crippen LogP contribution in [0.25, 0.3) is 10.8 Å². The van der Waals surface area contributed by atoms with E-state index in [4.69, 9.17) is 5.26 Å². The fourth-order valence-corrected chi connectivity index (χ4v) is 3.33. The van der Waals surface area contributed by atoms with Crippen LogP contribution in [0.5, 0.6) is 0 Å². The third-order valence-electron chi connectivity index (χ3n) is 4.41. The quantitative estimate of drug-likeness (QED) is 0.732. The summed E-state index contributed by atoms with van der Waals surface area (Å²) in [7, 11) is 0. The lowest BCUT2D eigenvalue weighted by atomic mass is 9.83. The van der Waals surface area contributed by atoms with Crippen molar-refractivity contribution in [2.24, 2.45) is 0 Å². The Morgan fingerprint density at radius 1 is 1.04 bits per heavy atom. The molecule has 23 heavy (non-hydrogen) atoms. The van der Waals surface area contributed by atoms with E-state index in [0.29, 0.717) is 12.0 Å². The number of benzene rings is 3. The fraction of sp³-hybridized carbons (Fsp3) is 0.100. The number of fused-ring (bicyclic) bond motifs is 3. The summed E-state index contributed by atoms with van der Waals surface area (Å²) >= 11 is 0. The molecule has 1 atom stereocenters. The lowest BCUT2D eigenvalue weighted by Gasteiger charge is -2.27. The zero-order chi connectivity index (χ0) is 15.8. The molecule has 0 bridgehead atoms. The number of carbonyl (C=O) groups excluding carboxylic acids is 1. The van der Waals surface area contributed by atoms with Gasteiger partial charge in [0, 0.05) is 17.7 Å². The van der Waals surface area contributed by atoms with Crippen molar-refractivity contribution in [3.8, 4) is 6.07 Å². The van der Waals surface area contributed by atoms with E-state index >= 15 is 0 Å². The molecular weight excluding hydrogens is 284 g/mol. The SMILES string of the molecule is N#Cc1cccc(C2CC(=O)Nc3c2ccc2ccccc32)c1. The van der Waals surface area contributed by atoms with Crippen LogP contribution in [0.2, 0.25) is 0 Å². The number of nitrogens with one attached hydrogen (secondary N) is 1. The Hall–Kier alpha value is -3.12. The molecule has 1 aliphatic heterocycles. The zero-order valence-electron chi connectivity index (χ0n) is 12.4. The standard InChI is InChI=1S/C20H14N2O/c21-12-13-4-3-6-15(10-13)18-11-19(23)22-20-16-7-2-1-5-14(16)8-9-17(18)20/h1-10,18H,11H2,(H,22,23). The average molecular weight is 298 g/mol. The van der Waals surface area contributed by atoms with Crippen LogP contribution in [0, 0.1) is 11.3 Å². The number of carbonyl (C=O) groups is 1. The Kier molecular flexibility index (Phi) is 3.09. The van der Waals surface area contributed by atoms with Crippen LogP contribution >= 0.6 is 0 Å². The van der Waals surface area contributed by atoms with Crippen LogP contribution in [0.15, 0.2) is 60.7 Å². The Bertz CT molecular complexity index is 969. The van der Waals surface area contributed by atoms with E-state index in [9.17, 15) is 4.79 Å². The van der Waals surface area contributed by atoms with Gasteiger partial charge in [-0.2, -0.15) is 5.26 Å². The van der Waals surface area contributed by atoms with Gasteiger partial charge < -0.3 is 5.32 Å². The minimum atomic E-state index is -0.0170. The second kappa shape index (κ2) is 5.26. The first-order valence-electron chi connectivity index (χ1n) is 7.58. The van der Waals surface area contributed by atoms with Gasteiger partial charge in [-0.15, -0.1) is 0 Å². The Labute approximate surface area is 134 Å².